The molecule has 4 rings (SSSR count). The Morgan fingerprint density at radius 3 is 2.68 bits per heavy atom. The Bertz CT molecular complexity index is 1070. The first-order valence-corrected chi connectivity index (χ1v) is 10.4. The zero-order chi connectivity index (χ0) is 21.8. The Balaban J connectivity index is 1.42. The Labute approximate surface area is 181 Å². The molecule has 162 valence electrons. The van der Waals surface area contributed by atoms with E-state index in [2.05, 4.69) is 26.5 Å². The minimum Gasteiger partial charge on any atom is -0.378 e. The lowest BCUT2D eigenvalue weighted by molar-refractivity contribution is -0.132. The van der Waals surface area contributed by atoms with E-state index >= 15 is 0 Å². The number of likely N-dealkylation sites (N-methyl/N-ethyl adjacent to an activating group) is 1. The van der Waals surface area contributed by atoms with Gasteiger partial charge in [0.25, 0.3) is 5.91 Å². The van der Waals surface area contributed by atoms with Crippen molar-refractivity contribution in [1.82, 2.24) is 20.4 Å². The van der Waals surface area contributed by atoms with Gasteiger partial charge in [-0.1, -0.05) is 36.4 Å². The van der Waals surface area contributed by atoms with Crippen LogP contribution in [0.3, 0.4) is 0 Å². The van der Waals surface area contributed by atoms with Crippen molar-refractivity contribution in [2.45, 2.75) is 19.5 Å². The predicted octanol–water partition coefficient (Wildman–Crippen LogP) is 2.18. The molecule has 0 spiro atoms. The molecule has 1 fully saturated rings. The summed E-state index contributed by atoms with van der Waals surface area (Å²) in [7, 11) is 1.75. The number of aromatic amines is 1. The first-order chi connectivity index (χ1) is 15.0. The highest BCUT2D eigenvalue weighted by Crippen LogP contribution is 2.23. The summed E-state index contributed by atoms with van der Waals surface area (Å²) in [6.45, 7) is 5.22. The number of amides is 2. The lowest BCUT2D eigenvalue weighted by Gasteiger charge is -2.31. The van der Waals surface area contributed by atoms with E-state index in [0.29, 0.717) is 19.8 Å². The summed E-state index contributed by atoms with van der Waals surface area (Å²) in [5.41, 5.74) is 3.25. The fourth-order valence-electron chi connectivity index (χ4n) is 3.88. The molecule has 2 heterocycles. The number of morpholine rings is 1. The Morgan fingerprint density at radius 1 is 1.16 bits per heavy atom. The van der Waals surface area contributed by atoms with Crippen molar-refractivity contribution < 1.29 is 14.3 Å². The second kappa shape index (κ2) is 9.18. The highest BCUT2D eigenvalue weighted by Gasteiger charge is 2.23. The number of hydrogen-bond donors (Lipinski definition) is 2. The summed E-state index contributed by atoms with van der Waals surface area (Å²) in [6.07, 6.45) is 0. The van der Waals surface area contributed by atoms with Crippen LogP contribution in [0.25, 0.3) is 10.9 Å². The number of carbonyl (C=O) groups is 2. The van der Waals surface area contributed by atoms with Gasteiger partial charge in [0, 0.05) is 37.8 Å². The van der Waals surface area contributed by atoms with E-state index in [1.54, 1.807) is 18.9 Å². The number of benzene rings is 2. The number of aromatic nitrogens is 2. The van der Waals surface area contributed by atoms with Crippen LogP contribution in [0.2, 0.25) is 0 Å². The van der Waals surface area contributed by atoms with Crippen LogP contribution in [0.15, 0.2) is 48.5 Å². The Kier molecular flexibility index (Phi) is 6.18. The maximum absolute atomic E-state index is 13.0. The van der Waals surface area contributed by atoms with Crippen LogP contribution in [-0.2, 0) is 16.1 Å². The van der Waals surface area contributed by atoms with Crippen molar-refractivity contribution in [2.24, 2.45) is 0 Å². The van der Waals surface area contributed by atoms with E-state index in [-0.39, 0.29) is 17.5 Å². The summed E-state index contributed by atoms with van der Waals surface area (Å²) >= 11 is 0. The van der Waals surface area contributed by atoms with E-state index in [0.717, 1.165) is 35.2 Å². The zero-order valence-corrected chi connectivity index (χ0v) is 17.8. The number of hydrogen-bond acceptors (Lipinski definition) is 5. The third kappa shape index (κ3) is 4.54. The van der Waals surface area contributed by atoms with E-state index < -0.39 is 6.04 Å². The third-order valence-corrected chi connectivity index (χ3v) is 5.53. The van der Waals surface area contributed by atoms with Crippen molar-refractivity contribution >= 4 is 28.4 Å². The fraction of sp³-hybridized carbons (Fsp3) is 0.348. The molecule has 0 bridgehead atoms. The number of ether oxygens (including phenoxy) is 1. The number of fused-ring (bicyclic) bond motifs is 1. The second-order valence-corrected chi connectivity index (χ2v) is 7.74. The molecule has 0 radical (unpaired) electrons. The molecule has 1 unspecified atom stereocenters. The largest absolute Gasteiger partial charge is 0.378 e. The van der Waals surface area contributed by atoms with Crippen molar-refractivity contribution in [3.05, 3.63) is 59.8 Å². The fourth-order valence-corrected chi connectivity index (χ4v) is 3.88. The van der Waals surface area contributed by atoms with Crippen LogP contribution in [0, 0.1) is 0 Å². The molecular weight excluding hydrogens is 394 g/mol. The predicted molar refractivity (Wildman–Crippen MR) is 119 cm³/mol. The second-order valence-electron chi connectivity index (χ2n) is 7.74. The van der Waals surface area contributed by atoms with Gasteiger partial charge in [-0.25, -0.2) is 0 Å². The Hall–Kier alpha value is -3.39. The van der Waals surface area contributed by atoms with Crippen LogP contribution in [0.4, 0.5) is 5.69 Å². The van der Waals surface area contributed by atoms with E-state index in [1.807, 2.05) is 42.5 Å². The maximum Gasteiger partial charge on any atom is 0.273 e. The van der Waals surface area contributed by atoms with Gasteiger partial charge in [-0.2, -0.15) is 5.10 Å². The number of para-hydroxylation sites is 2. The number of H-pyrrole nitrogens is 1. The molecule has 3 aromatic rings. The summed E-state index contributed by atoms with van der Waals surface area (Å²) in [5, 5.41) is 10.5. The normalized spacial score (nSPS) is 15.0. The van der Waals surface area contributed by atoms with Gasteiger partial charge in [0.2, 0.25) is 5.91 Å². The molecule has 1 aromatic heterocycles. The van der Waals surface area contributed by atoms with E-state index in [9.17, 15) is 9.59 Å². The average Bonchev–Trinajstić information content (AvgIpc) is 3.24. The monoisotopic (exact) mass is 421 g/mol. The van der Waals surface area contributed by atoms with Crippen LogP contribution in [0.5, 0.6) is 0 Å². The molecule has 8 nitrogen and oxygen atoms in total. The number of nitrogens with one attached hydrogen (secondary N) is 2. The van der Waals surface area contributed by atoms with Crippen LogP contribution in [0.1, 0.15) is 23.0 Å². The minimum atomic E-state index is -0.677. The third-order valence-electron chi connectivity index (χ3n) is 5.53. The summed E-state index contributed by atoms with van der Waals surface area (Å²) < 4.78 is 5.45. The van der Waals surface area contributed by atoms with Crippen molar-refractivity contribution in [3.8, 4) is 0 Å². The van der Waals surface area contributed by atoms with Gasteiger partial charge in [-0.3, -0.25) is 14.7 Å². The van der Waals surface area contributed by atoms with Gasteiger partial charge in [-0.15, -0.1) is 0 Å². The van der Waals surface area contributed by atoms with Gasteiger partial charge >= 0.3 is 0 Å². The highest BCUT2D eigenvalue weighted by atomic mass is 16.5. The molecule has 1 atom stereocenters. The van der Waals surface area contributed by atoms with Crippen LogP contribution < -0.4 is 10.2 Å². The lowest BCUT2D eigenvalue weighted by Crippen LogP contribution is -2.45. The molecule has 31 heavy (non-hydrogen) atoms. The van der Waals surface area contributed by atoms with Crippen molar-refractivity contribution in [1.29, 1.82) is 0 Å². The average molecular weight is 422 g/mol. The first-order valence-electron chi connectivity index (χ1n) is 10.4. The van der Waals surface area contributed by atoms with E-state index in [1.165, 1.54) is 0 Å². The summed E-state index contributed by atoms with van der Waals surface area (Å²) in [6, 6.07) is 14.8. The number of anilines is 1. The standard InChI is InChI=1S/C23H27N5O3/c1-16(24-22(29)21-18-8-4-5-9-19(18)25-26-21)23(30)27(2)15-17-7-3-6-10-20(17)28-11-13-31-14-12-28/h3-10,16H,11-15H2,1-2H3,(H,24,29)(H,25,26). The molecule has 1 aliphatic heterocycles. The number of carbonyl (C=O) groups excluding carboxylic acids is 2. The van der Waals surface area contributed by atoms with Crippen molar-refractivity contribution in [3.63, 3.8) is 0 Å². The molecule has 8 heteroatoms. The SMILES string of the molecule is CC(NC(=O)c1n[nH]c2ccccc12)C(=O)N(C)Cc1ccccc1N1CCOCC1. The van der Waals surface area contributed by atoms with Gasteiger partial charge in [0.1, 0.15) is 6.04 Å². The summed E-state index contributed by atoms with van der Waals surface area (Å²) in [5.74, 6) is -0.537. The number of nitrogens with zero attached hydrogens (tertiary/aromatic N) is 3. The summed E-state index contributed by atoms with van der Waals surface area (Å²) in [4.78, 5) is 29.6. The maximum atomic E-state index is 13.0. The van der Waals surface area contributed by atoms with Crippen LogP contribution in [-0.4, -0.2) is 66.3 Å². The van der Waals surface area contributed by atoms with Gasteiger partial charge in [0.15, 0.2) is 5.69 Å². The zero-order valence-electron chi connectivity index (χ0n) is 17.8. The van der Waals surface area contributed by atoms with Crippen molar-refractivity contribution in [2.75, 3.05) is 38.3 Å². The van der Waals surface area contributed by atoms with Crippen LogP contribution >= 0.6 is 0 Å². The molecular formula is C23H27N5O3. The minimum absolute atomic E-state index is 0.162. The quantitative estimate of drug-likeness (QED) is 0.637. The molecule has 2 N–H and O–H groups in total. The van der Waals surface area contributed by atoms with Gasteiger partial charge < -0.3 is 19.9 Å². The molecule has 2 amide bonds. The first kappa shape index (κ1) is 20.9. The highest BCUT2D eigenvalue weighted by molar-refractivity contribution is 6.05. The molecule has 0 saturated carbocycles. The lowest BCUT2D eigenvalue weighted by atomic mass is 10.1. The van der Waals surface area contributed by atoms with Gasteiger partial charge in [-0.05, 0) is 24.6 Å². The Morgan fingerprint density at radius 2 is 1.87 bits per heavy atom. The molecule has 1 saturated heterocycles. The molecule has 1 aliphatic rings. The topological polar surface area (TPSA) is 90.6 Å². The smallest absolute Gasteiger partial charge is 0.273 e. The molecule has 0 aliphatic carbocycles. The molecule has 2 aromatic carbocycles. The number of rotatable bonds is 6. The van der Waals surface area contributed by atoms with E-state index in [4.69, 9.17) is 4.74 Å². The van der Waals surface area contributed by atoms with Gasteiger partial charge in [0.05, 0.1) is 18.7 Å².